The lowest BCUT2D eigenvalue weighted by Crippen LogP contribution is -2.47. The Labute approximate surface area is 163 Å². The molecule has 0 heterocycles. The van der Waals surface area contributed by atoms with E-state index in [0.717, 1.165) is 30.9 Å². The van der Waals surface area contributed by atoms with Gasteiger partial charge in [0.1, 0.15) is 0 Å². The fraction of sp³-hybridized carbons (Fsp3) is 0.792. The van der Waals surface area contributed by atoms with Crippen molar-refractivity contribution in [2.24, 2.45) is 29.6 Å². The molecule has 0 bridgehead atoms. The average Bonchev–Trinajstić information content (AvgIpc) is 2.69. The molecule has 0 N–H and O–H groups in total. The fourth-order valence-corrected chi connectivity index (χ4v) is 4.88. The van der Waals surface area contributed by atoms with E-state index in [0.29, 0.717) is 23.5 Å². The highest BCUT2D eigenvalue weighted by atomic mass is 16.5. The van der Waals surface area contributed by atoms with Crippen molar-refractivity contribution in [3.63, 3.8) is 0 Å². The molecule has 3 fully saturated rings. The van der Waals surface area contributed by atoms with Crippen LogP contribution in [0.25, 0.3) is 0 Å². The molecule has 0 aromatic carbocycles. The molecule has 0 saturated heterocycles. The lowest BCUT2D eigenvalue weighted by Gasteiger charge is -2.50. The van der Waals surface area contributed by atoms with Gasteiger partial charge in [-0.3, -0.25) is 4.79 Å². The topological polar surface area (TPSA) is 26.3 Å². The Morgan fingerprint density at radius 2 is 1.62 bits per heavy atom. The number of ketones is 1. The maximum Gasteiger partial charge on any atom is 0.162 e. The summed E-state index contributed by atoms with van der Waals surface area (Å²) < 4.78 is 4.54. The minimum Gasteiger partial charge on any atom is -0.385 e. The van der Waals surface area contributed by atoms with Crippen molar-refractivity contribution < 1.29 is 9.53 Å². The van der Waals surface area contributed by atoms with Gasteiger partial charge in [-0.25, -0.2) is 0 Å². The largest absolute Gasteiger partial charge is 0.385 e. The van der Waals surface area contributed by atoms with Gasteiger partial charge in [-0.15, -0.1) is 0 Å². The highest BCUT2D eigenvalue weighted by Gasteiger charge is 2.49. The highest BCUT2D eigenvalue weighted by molar-refractivity contribution is 5.98. The number of Topliss-reactive ketones (excluding diaryl/α,β-unsaturated/α-hetero) is 1. The SMILES string of the molecule is C=C1CCC2C(C1)C(=O)C(=C)C1C2CCC[C@@H]1C.CC.CC.CCOC. The maximum absolute atomic E-state index is 12.6. The number of allylic oxidation sites excluding steroid dienone is 2. The molecule has 2 heteroatoms. The first-order valence-electron chi connectivity index (χ1n) is 10.9. The molecule has 0 amide bonds. The van der Waals surface area contributed by atoms with Crippen LogP contribution in [0.2, 0.25) is 0 Å². The molecule has 3 saturated carbocycles. The fourth-order valence-electron chi connectivity index (χ4n) is 4.88. The average molecular weight is 365 g/mol. The molecule has 0 aliphatic heterocycles. The van der Waals surface area contributed by atoms with Crippen molar-refractivity contribution in [2.45, 2.75) is 80.1 Å². The number of methoxy groups -OCH3 is 1. The van der Waals surface area contributed by atoms with Crippen LogP contribution < -0.4 is 0 Å². The molecule has 3 aliphatic carbocycles. The third kappa shape index (κ3) is 6.08. The van der Waals surface area contributed by atoms with Crippen LogP contribution in [0.1, 0.15) is 80.1 Å². The normalized spacial score (nSPS) is 32.4. The van der Waals surface area contributed by atoms with Gasteiger partial charge in [0.15, 0.2) is 5.78 Å². The van der Waals surface area contributed by atoms with Crippen LogP contribution in [-0.4, -0.2) is 19.5 Å². The lowest BCUT2D eigenvalue weighted by atomic mass is 9.53. The minimum atomic E-state index is 0.227. The van der Waals surface area contributed by atoms with Crippen molar-refractivity contribution in [1.82, 2.24) is 0 Å². The van der Waals surface area contributed by atoms with Crippen molar-refractivity contribution in [3.8, 4) is 0 Å². The van der Waals surface area contributed by atoms with Gasteiger partial charge < -0.3 is 4.74 Å². The van der Waals surface area contributed by atoms with Gasteiger partial charge in [-0.1, -0.05) is 66.2 Å². The summed E-state index contributed by atoms with van der Waals surface area (Å²) in [6.45, 7) is 21.4. The van der Waals surface area contributed by atoms with Gasteiger partial charge in [0.05, 0.1) is 0 Å². The monoisotopic (exact) mass is 364 g/mol. The Morgan fingerprint density at radius 3 is 2.15 bits per heavy atom. The Bertz CT molecular complexity index is 435. The molecule has 0 aromatic rings. The van der Waals surface area contributed by atoms with E-state index in [2.05, 4.69) is 24.8 Å². The first-order valence-corrected chi connectivity index (χ1v) is 10.9. The van der Waals surface area contributed by atoms with Gasteiger partial charge in [0.2, 0.25) is 0 Å². The predicted octanol–water partition coefficient (Wildman–Crippen LogP) is 6.86. The molecule has 5 atom stereocenters. The van der Waals surface area contributed by atoms with Crippen LogP contribution in [0.15, 0.2) is 24.3 Å². The molecule has 26 heavy (non-hydrogen) atoms. The zero-order valence-corrected chi connectivity index (χ0v) is 18.6. The van der Waals surface area contributed by atoms with E-state index in [9.17, 15) is 4.79 Å². The molecule has 0 spiro atoms. The van der Waals surface area contributed by atoms with Gasteiger partial charge in [-0.2, -0.15) is 0 Å². The van der Waals surface area contributed by atoms with Gasteiger partial charge in [0.25, 0.3) is 0 Å². The molecule has 0 radical (unpaired) electrons. The third-order valence-electron chi connectivity index (χ3n) is 6.02. The second-order valence-electron chi connectivity index (χ2n) is 7.33. The molecular weight excluding hydrogens is 320 g/mol. The summed E-state index contributed by atoms with van der Waals surface area (Å²) >= 11 is 0. The summed E-state index contributed by atoms with van der Waals surface area (Å²) in [4.78, 5) is 12.6. The third-order valence-corrected chi connectivity index (χ3v) is 6.02. The maximum atomic E-state index is 12.6. The lowest BCUT2D eigenvalue weighted by molar-refractivity contribution is -0.127. The van der Waals surface area contributed by atoms with E-state index in [1.165, 1.54) is 31.3 Å². The van der Waals surface area contributed by atoms with Gasteiger partial charge in [0, 0.05) is 19.6 Å². The number of rotatable bonds is 1. The minimum absolute atomic E-state index is 0.227. The summed E-state index contributed by atoms with van der Waals surface area (Å²) in [6.07, 6.45) is 7.19. The van der Waals surface area contributed by atoms with Crippen LogP contribution in [0.3, 0.4) is 0 Å². The van der Waals surface area contributed by atoms with Crippen molar-refractivity contribution >= 4 is 5.78 Å². The van der Waals surface area contributed by atoms with E-state index in [1.54, 1.807) is 7.11 Å². The summed E-state index contributed by atoms with van der Waals surface area (Å²) in [5, 5.41) is 0. The molecule has 3 aliphatic rings. The number of carbonyl (C=O) groups is 1. The number of carbonyl (C=O) groups excluding carboxylic acids is 1. The second kappa shape index (κ2) is 13.3. The summed E-state index contributed by atoms with van der Waals surface area (Å²) in [7, 11) is 1.68. The van der Waals surface area contributed by atoms with Gasteiger partial charge >= 0.3 is 0 Å². The quantitative estimate of drug-likeness (QED) is 0.375. The van der Waals surface area contributed by atoms with E-state index in [4.69, 9.17) is 0 Å². The van der Waals surface area contributed by atoms with Crippen LogP contribution in [0.4, 0.5) is 0 Å². The number of hydrogen-bond acceptors (Lipinski definition) is 2. The number of fused-ring (bicyclic) bond motifs is 3. The standard InChI is InChI=1S/C17H24O.C3H8O.2C2H6/c1-10-7-8-13-14-6-4-5-11(2)16(14)12(3)17(18)15(13)9-10;1-3-4-2;2*1-2/h11,13-16H,1,3-9H2,2H3;3H2,1-2H3;2*1-2H3/t11-,13?,14?,15?,16?;;;/m0.../s1. The number of hydrogen-bond donors (Lipinski definition) is 0. The summed E-state index contributed by atoms with van der Waals surface area (Å²) in [5.74, 6) is 3.10. The molecule has 3 rings (SSSR count). The van der Waals surface area contributed by atoms with Crippen molar-refractivity contribution in [3.05, 3.63) is 24.3 Å². The summed E-state index contributed by atoms with van der Waals surface area (Å²) in [5.41, 5.74) is 2.22. The Morgan fingerprint density at radius 1 is 1.04 bits per heavy atom. The molecule has 4 unspecified atom stereocenters. The summed E-state index contributed by atoms with van der Waals surface area (Å²) in [6, 6.07) is 0. The van der Waals surface area contributed by atoms with Crippen LogP contribution >= 0.6 is 0 Å². The van der Waals surface area contributed by atoms with E-state index >= 15 is 0 Å². The van der Waals surface area contributed by atoms with E-state index in [1.807, 2.05) is 34.6 Å². The molecule has 2 nitrogen and oxygen atoms in total. The van der Waals surface area contributed by atoms with Crippen molar-refractivity contribution in [1.29, 1.82) is 0 Å². The van der Waals surface area contributed by atoms with E-state index < -0.39 is 0 Å². The van der Waals surface area contributed by atoms with E-state index in [-0.39, 0.29) is 5.92 Å². The zero-order chi connectivity index (χ0) is 20.3. The Hall–Kier alpha value is -0.890. The zero-order valence-electron chi connectivity index (χ0n) is 18.6. The molecule has 0 aromatic heterocycles. The predicted molar refractivity (Wildman–Crippen MR) is 114 cm³/mol. The molecular formula is C24H44O2. The smallest absolute Gasteiger partial charge is 0.162 e. The first kappa shape index (κ1) is 25.1. The van der Waals surface area contributed by atoms with Crippen LogP contribution in [0, 0.1) is 29.6 Å². The van der Waals surface area contributed by atoms with Crippen LogP contribution in [-0.2, 0) is 9.53 Å². The number of ether oxygens (including phenoxy) is 1. The first-order chi connectivity index (χ1) is 12.5. The highest BCUT2D eigenvalue weighted by Crippen LogP contribution is 2.53. The Balaban J connectivity index is 0.000000680. The van der Waals surface area contributed by atoms with Gasteiger partial charge in [-0.05, 0) is 61.9 Å². The van der Waals surface area contributed by atoms with Crippen molar-refractivity contribution in [2.75, 3.05) is 13.7 Å². The molecule has 152 valence electrons. The van der Waals surface area contributed by atoms with Crippen LogP contribution in [0.5, 0.6) is 0 Å². The Kier molecular flexibility index (Phi) is 12.8. The second-order valence-corrected chi connectivity index (χ2v) is 7.33.